The molecule has 0 radical (unpaired) electrons. The van der Waals surface area contributed by atoms with Crippen LogP contribution in [0.3, 0.4) is 0 Å². The number of anilines is 2. The van der Waals surface area contributed by atoms with Crippen molar-refractivity contribution in [3.8, 4) is 0 Å². The fourth-order valence-electron chi connectivity index (χ4n) is 1.11. The zero-order valence-corrected chi connectivity index (χ0v) is 8.39. The van der Waals surface area contributed by atoms with Gasteiger partial charge in [-0.15, -0.1) is 0 Å². The van der Waals surface area contributed by atoms with Gasteiger partial charge >= 0.3 is 12.0 Å². The Balaban J connectivity index is 2.06. The van der Waals surface area contributed by atoms with E-state index in [1.165, 1.54) is 0 Å². The fraction of sp³-hybridized carbons (Fsp3) is 0.375. The fourth-order valence-corrected chi connectivity index (χ4v) is 1.11. The van der Waals surface area contributed by atoms with Crippen LogP contribution >= 0.6 is 0 Å². The number of nitrogen functional groups attached to an aromatic ring is 1. The van der Waals surface area contributed by atoms with Gasteiger partial charge in [0.1, 0.15) is 11.8 Å². The van der Waals surface area contributed by atoms with Crippen LogP contribution < -0.4 is 11.1 Å². The van der Waals surface area contributed by atoms with Gasteiger partial charge in [-0.25, -0.2) is 4.98 Å². The molecule has 2 aromatic rings. The second kappa shape index (κ2) is 3.60. The Bertz CT molecular complexity index is 449. The van der Waals surface area contributed by atoms with Crippen molar-refractivity contribution < 1.29 is 8.83 Å². The molecule has 7 nitrogen and oxygen atoms in total. The van der Waals surface area contributed by atoms with Crippen LogP contribution in [-0.4, -0.2) is 15.2 Å². The zero-order chi connectivity index (χ0) is 10.8. The van der Waals surface area contributed by atoms with Gasteiger partial charge in [0.2, 0.25) is 5.89 Å². The van der Waals surface area contributed by atoms with E-state index in [2.05, 4.69) is 20.5 Å². The normalized spacial score (nSPS) is 12.7. The Morgan fingerprint density at radius 3 is 2.73 bits per heavy atom. The van der Waals surface area contributed by atoms with E-state index < -0.39 is 0 Å². The summed E-state index contributed by atoms with van der Waals surface area (Å²) in [5, 5.41) is 10.1. The Morgan fingerprint density at radius 1 is 1.40 bits per heavy atom. The summed E-state index contributed by atoms with van der Waals surface area (Å²) < 4.78 is 10.3. The monoisotopic (exact) mass is 209 g/mol. The number of aromatic nitrogens is 3. The minimum atomic E-state index is -0.154. The molecule has 0 aliphatic heterocycles. The molecule has 0 aliphatic carbocycles. The predicted octanol–water partition coefficient (Wildman–Crippen LogP) is 1.12. The largest absolute Gasteiger partial charge is 0.444 e. The van der Waals surface area contributed by atoms with Crippen LogP contribution in [-0.2, 0) is 0 Å². The molecule has 0 aromatic carbocycles. The lowest BCUT2D eigenvalue weighted by Crippen LogP contribution is -2.07. The third kappa shape index (κ3) is 2.06. The highest BCUT2D eigenvalue weighted by Crippen LogP contribution is 2.18. The van der Waals surface area contributed by atoms with Gasteiger partial charge in [0.05, 0.1) is 6.20 Å². The first-order valence-corrected chi connectivity index (χ1v) is 4.43. The zero-order valence-electron chi connectivity index (χ0n) is 8.39. The van der Waals surface area contributed by atoms with Gasteiger partial charge < -0.3 is 19.9 Å². The van der Waals surface area contributed by atoms with Crippen LogP contribution in [0.2, 0.25) is 0 Å². The van der Waals surface area contributed by atoms with Crippen molar-refractivity contribution in [1.29, 1.82) is 0 Å². The molecular formula is C8H11N5O2. The second-order valence-electron chi connectivity index (χ2n) is 3.12. The van der Waals surface area contributed by atoms with Crippen LogP contribution in [0.25, 0.3) is 0 Å². The number of nitrogens with two attached hydrogens (primary N) is 1. The number of nitrogens with one attached hydrogen (secondary N) is 1. The van der Waals surface area contributed by atoms with E-state index in [0.717, 1.165) is 5.76 Å². The van der Waals surface area contributed by atoms with Crippen LogP contribution in [0.4, 0.5) is 12.0 Å². The maximum Gasteiger partial charge on any atom is 0.317 e. The average Bonchev–Trinajstić information content (AvgIpc) is 2.75. The number of aryl methyl sites for hydroxylation is 1. The van der Waals surface area contributed by atoms with E-state index in [0.29, 0.717) is 5.89 Å². The molecule has 0 aliphatic rings. The van der Waals surface area contributed by atoms with Crippen molar-refractivity contribution in [2.45, 2.75) is 19.9 Å². The molecule has 0 amide bonds. The van der Waals surface area contributed by atoms with Crippen LogP contribution in [0.5, 0.6) is 0 Å². The predicted molar refractivity (Wildman–Crippen MR) is 52.0 cm³/mol. The second-order valence-corrected chi connectivity index (χ2v) is 3.12. The summed E-state index contributed by atoms with van der Waals surface area (Å²) in [5.74, 6) is 1.31. The average molecular weight is 209 g/mol. The number of nitrogens with zero attached hydrogens (tertiary/aromatic N) is 3. The van der Waals surface area contributed by atoms with E-state index in [4.69, 9.17) is 14.6 Å². The highest BCUT2D eigenvalue weighted by Gasteiger charge is 2.13. The summed E-state index contributed by atoms with van der Waals surface area (Å²) in [4.78, 5) is 4.07. The van der Waals surface area contributed by atoms with Gasteiger partial charge in [0.25, 0.3) is 0 Å². The number of oxazole rings is 1. The summed E-state index contributed by atoms with van der Waals surface area (Å²) in [6, 6.07) is 0.114. The molecule has 3 N–H and O–H groups in total. The number of rotatable bonds is 3. The van der Waals surface area contributed by atoms with Crippen molar-refractivity contribution >= 4 is 12.0 Å². The minimum absolute atomic E-state index is 0.0216. The van der Waals surface area contributed by atoms with Gasteiger partial charge in [-0.3, -0.25) is 0 Å². The summed E-state index contributed by atoms with van der Waals surface area (Å²) in [6.45, 7) is 3.69. The van der Waals surface area contributed by atoms with E-state index >= 15 is 0 Å². The SMILES string of the molecule is Cc1cnc(C(C)Nc2nnc(N)o2)o1. The highest BCUT2D eigenvalue weighted by molar-refractivity contribution is 5.25. The van der Waals surface area contributed by atoms with Gasteiger partial charge in [0, 0.05) is 0 Å². The molecule has 80 valence electrons. The van der Waals surface area contributed by atoms with Crippen LogP contribution in [0.1, 0.15) is 24.6 Å². The Kier molecular flexibility index (Phi) is 2.28. The molecule has 0 saturated heterocycles. The molecule has 0 saturated carbocycles. The first-order chi connectivity index (χ1) is 7.15. The smallest absolute Gasteiger partial charge is 0.317 e. The first-order valence-electron chi connectivity index (χ1n) is 4.43. The molecule has 0 fully saturated rings. The molecule has 15 heavy (non-hydrogen) atoms. The topological polar surface area (TPSA) is 103 Å². The van der Waals surface area contributed by atoms with Gasteiger partial charge in [-0.05, 0) is 13.8 Å². The standard InChI is InChI=1S/C8H11N5O2/c1-4-3-10-6(14-4)5(2)11-8-13-12-7(9)15-8/h3,5H,1-2H3,(H2,9,12)(H,11,13). The molecule has 1 atom stereocenters. The van der Waals surface area contributed by atoms with E-state index in [1.54, 1.807) is 6.20 Å². The summed E-state index contributed by atoms with van der Waals surface area (Å²) in [5.41, 5.74) is 5.28. The summed E-state index contributed by atoms with van der Waals surface area (Å²) >= 11 is 0. The first kappa shape index (κ1) is 9.50. The summed E-state index contributed by atoms with van der Waals surface area (Å²) in [7, 11) is 0. The summed E-state index contributed by atoms with van der Waals surface area (Å²) in [6.07, 6.45) is 1.65. The highest BCUT2D eigenvalue weighted by atomic mass is 16.4. The molecule has 1 unspecified atom stereocenters. The molecular weight excluding hydrogens is 198 g/mol. The Morgan fingerprint density at radius 2 is 2.20 bits per heavy atom. The van der Waals surface area contributed by atoms with Crippen molar-refractivity contribution in [3.63, 3.8) is 0 Å². The number of hydrogen-bond acceptors (Lipinski definition) is 7. The van der Waals surface area contributed by atoms with Crippen LogP contribution in [0.15, 0.2) is 15.0 Å². The Labute approximate surface area is 85.7 Å². The Hall–Kier alpha value is -2.05. The third-order valence-corrected chi connectivity index (χ3v) is 1.79. The van der Waals surface area contributed by atoms with Crippen molar-refractivity contribution in [1.82, 2.24) is 15.2 Å². The van der Waals surface area contributed by atoms with Gasteiger partial charge in [-0.2, -0.15) is 0 Å². The van der Waals surface area contributed by atoms with E-state index in [1.807, 2.05) is 13.8 Å². The molecule has 2 heterocycles. The molecule has 7 heteroatoms. The molecule has 0 bridgehead atoms. The van der Waals surface area contributed by atoms with Gasteiger partial charge in [-0.1, -0.05) is 10.2 Å². The van der Waals surface area contributed by atoms with Gasteiger partial charge in [0.15, 0.2) is 0 Å². The molecule has 2 rings (SSSR count). The molecule has 2 aromatic heterocycles. The third-order valence-electron chi connectivity index (χ3n) is 1.79. The molecule has 0 spiro atoms. The number of hydrogen-bond donors (Lipinski definition) is 2. The van der Waals surface area contributed by atoms with E-state index in [9.17, 15) is 0 Å². The van der Waals surface area contributed by atoms with Crippen molar-refractivity contribution in [2.24, 2.45) is 0 Å². The van der Waals surface area contributed by atoms with Crippen LogP contribution in [0, 0.1) is 6.92 Å². The van der Waals surface area contributed by atoms with E-state index in [-0.39, 0.29) is 18.1 Å². The quantitative estimate of drug-likeness (QED) is 0.780. The maximum absolute atomic E-state index is 5.33. The van der Waals surface area contributed by atoms with Crippen molar-refractivity contribution in [3.05, 3.63) is 17.8 Å². The lowest BCUT2D eigenvalue weighted by Gasteiger charge is -2.06. The maximum atomic E-state index is 5.33. The van der Waals surface area contributed by atoms with Crippen molar-refractivity contribution in [2.75, 3.05) is 11.1 Å². The lowest BCUT2D eigenvalue weighted by atomic mass is 10.3. The minimum Gasteiger partial charge on any atom is -0.444 e. The lowest BCUT2D eigenvalue weighted by molar-refractivity contribution is 0.448.